The summed E-state index contributed by atoms with van der Waals surface area (Å²) < 4.78 is 5.57. The second-order valence-electron chi connectivity index (χ2n) is 6.59. The summed E-state index contributed by atoms with van der Waals surface area (Å²) in [4.78, 5) is 12.6. The van der Waals surface area contributed by atoms with E-state index in [1.807, 2.05) is 0 Å². The first-order chi connectivity index (χ1) is 9.45. The van der Waals surface area contributed by atoms with Gasteiger partial charge < -0.3 is 10.1 Å². The van der Waals surface area contributed by atoms with Crippen LogP contribution in [0.3, 0.4) is 0 Å². The quantitative estimate of drug-likeness (QED) is 0.731. The lowest BCUT2D eigenvalue weighted by Crippen LogP contribution is -2.46. The van der Waals surface area contributed by atoms with E-state index in [9.17, 15) is 4.79 Å². The van der Waals surface area contributed by atoms with Crippen LogP contribution in [0.1, 0.15) is 47.5 Å². The van der Waals surface area contributed by atoms with Gasteiger partial charge in [0.2, 0.25) is 6.41 Å². The highest BCUT2D eigenvalue weighted by Crippen LogP contribution is 2.08. The van der Waals surface area contributed by atoms with Gasteiger partial charge in [-0.1, -0.05) is 34.6 Å². The number of rotatable bonds is 7. The maximum absolute atomic E-state index is 10.2. The highest BCUT2D eigenvalue weighted by molar-refractivity contribution is 5.45. The van der Waals surface area contributed by atoms with Crippen LogP contribution >= 0.6 is 0 Å². The highest BCUT2D eigenvalue weighted by atomic mass is 16.5. The zero-order chi connectivity index (χ0) is 15.4. The average Bonchev–Trinajstić information content (AvgIpc) is 2.36. The molecule has 0 bridgehead atoms. The van der Waals surface area contributed by atoms with Crippen molar-refractivity contribution in [3.63, 3.8) is 0 Å². The SMILES string of the molecule is CC(C)C.CC(C)CCCN1CCOC(CNC=O)C1. The molecule has 4 nitrogen and oxygen atoms in total. The predicted octanol–water partition coefficient (Wildman–Crippen LogP) is 2.53. The van der Waals surface area contributed by atoms with Gasteiger partial charge in [0.05, 0.1) is 12.7 Å². The van der Waals surface area contributed by atoms with Crippen molar-refractivity contribution in [3.8, 4) is 0 Å². The largest absolute Gasteiger partial charge is 0.374 e. The second kappa shape index (κ2) is 12.2. The van der Waals surface area contributed by atoms with Gasteiger partial charge in [-0.2, -0.15) is 0 Å². The highest BCUT2D eigenvalue weighted by Gasteiger charge is 2.19. The Morgan fingerprint density at radius 1 is 1.30 bits per heavy atom. The van der Waals surface area contributed by atoms with E-state index in [0.29, 0.717) is 6.54 Å². The molecule has 1 fully saturated rings. The Bertz CT molecular complexity index is 230. The molecule has 0 aromatic heterocycles. The first-order valence-corrected chi connectivity index (χ1v) is 7.96. The van der Waals surface area contributed by atoms with E-state index >= 15 is 0 Å². The van der Waals surface area contributed by atoms with E-state index < -0.39 is 0 Å². The minimum absolute atomic E-state index is 0.165. The molecule has 1 rings (SSSR count). The van der Waals surface area contributed by atoms with Gasteiger partial charge in [0.25, 0.3) is 0 Å². The molecule has 0 aliphatic carbocycles. The molecule has 1 saturated heterocycles. The van der Waals surface area contributed by atoms with E-state index in [2.05, 4.69) is 44.8 Å². The normalized spacial score (nSPS) is 19.6. The van der Waals surface area contributed by atoms with Crippen LogP contribution in [-0.2, 0) is 9.53 Å². The standard InChI is InChI=1S/C12H24N2O2.C4H10/c1-11(2)4-3-5-14-6-7-16-12(9-14)8-13-10-15;1-4(2)3/h10-12H,3-9H2,1-2H3,(H,13,15);4H,1-3H3. The van der Waals surface area contributed by atoms with Crippen molar-refractivity contribution in [1.82, 2.24) is 10.2 Å². The Morgan fingerprint density at radius 2 is 1.95 bits per heavy atom. The third-order valence-corrected chi connectivity index (χ3v) is 2.91. The van der Waals surface area contributed by atoms with Gasteiger partial charge in [0.15, 0.2) is 0 Å². The van der Waals surface area contributed by atoms with Crippen molar-refractivity contribution in [2.75, 3.05) is 32.8 Å². The third kappa shape index (κ3) is 12.4. The van der Waals surface area contributed by atoms with Crippen LogP contribution in [0.5, 0.6) is 0 Å². The van der Waals surface area contributed by atoms with Crippen LogP contribution in [0.15, 0.2) is 0 Å². The van der Waals surface area contributed by atoms with Gasteiger partial charge in [-0.05, 0) is 31.2 Å². The molecule has 0 saturated carbocycles. The number of nitrogens with zero attached hydrogens (tertiary/aromatic N) is 1. The van der Waals surface area contributed by atoms with Gasteiger partial charge >= 0.3 is 0 Å². The molecule has 20 heavy (non-hydrogen) atoms. The van der Waals surface area contributed by atoms with Crippen molar-refractivity contribution in [2.45, 2.75) is 53.6 Å². The first-order valence-electron chi connectivity index (χ1n) is 7.96. The molecule has 1 heterocycles. The van der Waals surface area contributed by atoms with E-state index in [1.165, 1.54) is 12.8 Å². The molecular formula is C16H34N2O2. The fourth-order valence-electron chi connectivity index (χ4n) is 2.01. The van der Waals surface area contributed by atoms with Gasteiger partial charge in [-0.15, -0.1) is 0 Å². The molecule has 1 amide bonds. The number of morpholine rings is 1. The molecule has 0 spiro atoms. The van der Waals surface area contributed by atoms with Crippen molar-refractivity contribution < 1.29 is 9.53 Å². The number of carbonyl (C=O) groups excluding carboxylic acids is 1. The minimum Gasteiger partial charge on any atom is -0.374 e. The summed E-state index contributed by atoms with van der Waals surface area (Å²) in [6.45, 7) is 15.6. The summed E-state index contributed by atoms with van der Waals surface area (Å²) in [6.07, 6.45) is 3.44. The van der Waals surface area contributed by atoms with Gasteiger partial charge in [0.1, 0.15) is 0 Å². The van der Waals surface area contributed by atoms with Gasteiger partial charge in [-0.3, -0.25) is 9.69 Å². The van der Waals surface area contributed by atoms with Crippen LogP contribution in [0, 0.1) is 11.8 Å². The molecule has 120 valence electrons. The molecule has 1 aliphatic heterocycles. The molecule has 0 radical (unpaired) electrons. The molecule has 1 unspecified atom stereocenters. The number of ether oxygens (including phenoxy) is 1. The van der Waals surface area contributed by atoms with Gasteiger partial charge in [0, 0.05) is 19.6 Å². The topological polar surface area (TPSA) is 41.6 Å². The Balaban J connectivity index is 0.000000796. The Labute approximate surface area is 125 Å². The van der Waals surface area contributed by atoms with E-state index in [0.717, 1.165) is 44.5 Å². The van der Waals surface area contributed by atoms with Crippen molar-refractivity contribution in [2.24, 2.45) is 11.8 Å². The maximum Gasteiger partial charge on any atom is 0.207 e. The zero-order valence-corrected chi connectivity index (χ0v) is 14.0. The van der Waals surface area contributed by atoms with E-state index in [4.69, 9.17) is 4.74 Å². The lowest BCUT2D eigenvalue weighted by atomic mass is 10.1. The second-order valence-corrected chi connectivity index (χ2v) is 6.59. The first kappa shape index (κ1) is 19.4. The molecule has 0 aromatic rings. The van der Waals surface area contributed by atoms with Crippen molar-refractivity contribution in [1.29, 1.82) is 0 Å². The fourth-order valence-corrected chi connectivity index (χ4v) is 2.01. The number of hydrogen-bond acceptors (Lipinski definition) is 3. The minimum atomic E-state index is 0.165. The van der Waals surface area contributed by atoms with Gasteiger partial charge in [-0.25, -0.2) is 0 Å². The van der Waals surface area contributed by atoms with E-state index in [-0.39, 0.29) is 6.10 Å². The molecular weight excluding hydrogens is 252 g/mol. The van der Waals surface area contributed by atoms with Crippen molar-refractivity contribution in [3.05, 3.63) is 0 Å². The summed E-state index contributed by atoms with van der Waals surface area (Å²) in [7, 11) is 0. The van der Waals surface area contributed by atoms with E-state index in [1.54, 1.807) is 0 Å². The lowest BCUT2D eigenvalue weighted by Gasteiger charge is -2.32. The van der Waals surface area contributed by atoms with Crippen LogP contribution < -0.4 is 5.32 Å². The lowest BCUT2D eigenvalue weighted by molar-refractivity contribution is -0.110. The smallest absolute Gasteiger partial charge is 0.207 e. The summed E-state index contributed by atoms with van der Waals surface area (Å²) in [6, 6.07) is 0. The number of amides is 1. The summed E-state index contributed by atoms with van der Waals surface area (Å²) in [5, 5.41) is 2.68. The van der Waals surface area contributed by atoms with Crippen LogP contribution in [-0.4, -0.2) is 50.2 Å². The number of nitrogens with one attached hydrogen (secondary N) is 1. The molecule has 1 aliphatic rings. The summed E-state index contributed by atoms with van der Waals surface area (Å²) >= 11 is 0. The predicted molar refractivity (Wildman–Crippen MR) is 84.8 cm³/mol. The number of carbonyl (C=O) groups is 1. The Kier molecular flexibility index (Phi) is 11.8. The third-order valence-electron chi connectivity index (χ3n) is 2.91. The summed E-state index contributed by atoms with van der Waals surface area (Å²) in [5.41, 5.74) is 0. The Morgan fingerprint density at radius 3 is 2.50 bits per heavy atom. The maximum atomic E-state index is 10.2. The molecule has 4 heteroatoms. The Hall–Kier alpha value is -0.610. The van der Waals surface area contributed by atoms with Crippen LogP contribution in [0.25, 0.3) is 0 Å². The van der Waals surface area contributed by atoms with Crippen LogP contribution in [0.4, 0.5) is 0 Å². The molecule has 0 aromatic carbocycles. The molecule has 1 N–H and O–H groups in total. The average molecular weight is 286 g/mol. The van der Waals surface area contributed by atoms with Crippen LogP contribution in [0.2, 0.25) is 0 Å². The number of hydrogen-bond donors (Lipinski definition) is 1. The van der Waals surface area contributed by atoms with Crippen molar-refractivity contribution >= 4 is 6.41 Å². The monoisotopic (exact) mass is 286 g/mol. The fraction of sp³-hybridized carbons (Fsp3) is 0.938. The zero-order valence-electron chi connectivity index (χ0n) is 14.0. The molecule has 1 atom stereocenters. The summed E-state index contributed by atoms with van der Waals surface area (Å²) in [5.74, 6) is 1.62.